The number of sulfonamides is 1. The molecule has 0 saturated heterocycles. The lowest BCUT2D eigenvalue weighted by molar-refractivity contribution is 0.267. The number of nitrogens with one attached hydrogen (secondary N) is 2. The molecule has 7 nitrogen and oxygen atoms in total. The molecule has 144 valence electrons. The van der Waals surface area contributed by atoms with Crippen LogP contribution in [0.4, 0.5) is 4.39 Å². The van der Waals surface area contributed by atoms with Gasteiger partial charge in [-0.2, -0.15) is 0 Å². The SMILES string of the molecule is COc1ccc(CCN2CN=C(NS(=O)(=O)c3ccc(F)cc3)NC2)cc1. The molecule has 3 rings (SSSR count). The lowest BCUT2D eigenvalue weighted by Gasteiger charge is -2.27. The molecule has 0 spiro atoms. The first kappa shape index (κ1) is 19.1. The molecule has 9 heteroatoms. The minimum Gasteiger partial charge on any atom is -0.497 e. The molecule has 0 atom stereocenters. The van der Waals surface area contributed by atoms with Crippen LogP contribution in [0.5, 0.6) is 5.75 Å². The fourth-order valence-corrected chi connectivity index (χ4v) is 3.56. The third-order valence-corrected chi connectivity index (χ3v) is 5.48. The van der Waals surface area contributed by atoms with E-state index in [4.69, 9.17) is 4.74 Å². The van der Waals surface area contributed by atoms with Crippen LogP contribution in [-0.4, -0.2) is 46.3 Å². The quantitative estimate of drug-likeness (QED) is 0.779. The normalized spacial score (nSPS) is 15.0. The van der Waals surface area contributed by atoms with E-state index >= 15 is 0 Å². The zero-order valence-corrected chi connectivity index (χ0v) is 15.7. The van der Waals surface area contributed by atoms with Gasteiger partial charge in [-0.05, 0) is 48.4 Å². The summed E-state index contributed by atoms with van der Waals surface area (Å²) >= 11 is 0. The van der Waals surface area contributed by atoms with Crippen LogP contribution in [0, 0.1) is 5.82 Å². The number of nitrogens with zero attached hydrogens (tertiary/aromatic N) is 2. The van der Waals surface area contributed by atoms with Crippen molar-refractivity contribution in [1.82, 2.24) is 14.9 Å². The molecule has 0 fully saturated rings. The topological polar surface area (TPSA) is 83.0 Å². The number of hydrogen-bond acceptors (Lipinski definition) is 6. The number of benzene rings is 2. The Bertz CT molecular complexity index is 899. The third-order valence-electron chi connectivity index (χ3n) is 4.13. The molecule has 1 aliphatic heterocycles. The van der Waals surface area contributed by atoms with Gasteiger partial charge in [0.25, 0.3) is 10.0 Å². The molecule has 1 aliphatic rings. The summed E-state index contributed by atoms with van der Waals surface area (Å²) in [5, 5.41) is 2.95. The van der Waals surface area contributed by atoms with Gasteiger partial charge in [0.2, 0.25) is 5.96 Å². The van der Waals surface area contributed by atoms with Gasteiger partial charge in [-0.3, -0.25) is 4.90 Å². The molecule has 0 amide bonds. The van der Waals surface area contributed by atoms with E-state index in [1.807, 2.05) is 24.3 Å². The number of guanidine groups is 1. The number of aliphatic imine (C=N–C) groups is 1. The van der Waals surface area contributed by atoms with Gasteiger partial charge in [0.1, 0.15) is 11.6 Å². The number of halogens is 1. The van der Waals surface area contributed by atoms with Gasteiger partial charge in [-0.15, -0.1) is 0 Å². The van der Waals surface area contributed by atoms with Gasteiger partial charge in [0, 0.05) is 6.54 Å². The van der Waals surface area contributed by atoms with E-state index in [9.17, 15) is 12.8 Å². The highest BCUT2D eigenvalue weighted by Crippen LogP contribution is 2.12. The van der Waals surface area contributed by atoms with Crippen LogP contribution in [0.2, 0.25) is 0 Å². The van der Waals surface area contributed by atoms with E-state index in [0.717, 1.165) is 30.8 Å². The highest BCUT2D eigenvalue weighted by atomic mass is 32.2. The summed E-state index contributed by atoms with van der Waals surface area (Å²) in [5.41, 5.74) is 1.18. The minimum atomic E-state index is -3.80. The first-order valence-electron chi connectivity index (χ1n) is 8.38. The predicted octanol–water partition coefficient (Wildman–Crippen LogP) is 1.53. The van der Waals surface area contributed by atoms with Crippen molar-refractivity contribution in [3.8, 4) is 5.75 Å². The van der Waals surface area contributed by atoms with Crippen LogP contribution in [0.25, 0.3) is 0 Å². The van der Waals surface area contributed by atoms with Crippen molar-refractivity contribution in [1.29, 1.82) is 0 Å². The standard InChI is InChI=1S/C18H21FN4O3S/c1-26-16-6-2-14(3-7-16)10-11-23-12-20-18(21-13-23)22-27(24,25)17-8-4-15(19)5-9-17/h2-9H,10-13H2,1H3,(H2,20,21,22). The second-order valence-electron chi connectivity index (χ2n) is 6.03. The van der Waals surface area contributed by atoms with Crippen molar-refractivity contribution in [3.63, 3.8) is 0 Å². The Kier molecular flexibility index (Phi) is 5.92. The maximum absolute atomic E-state index is 12.9. The summed E-state index contributed by atoms with van der Waals surface area (Å²) in [6.45, 7) is 1.63. The van der Waals surface area contributed by atoms with Crippen molar-refractivity contribution in [2.24, 2.45) is 4.99 Å². The first-order chi connectivity index (χ1) is 13.0. The highest BCUT2D eigenvalue weighted by molar-refractivity contribution is 7.90. The molecule has 0 aliphatic carbocycles. The molecular formula is C18H21FN4O3S. The van der Waals surface area contributed by atoms with Gasteiger partial charge in [0.05, 0.1) is 25.3 Å². The number of ether oxygens (including phenoxy) is 1. The fraction of sp³-hybridized carbons (Fsp3) is 0.278. The van der Waals surface area contributed by atoms with E-state index in [0.29, 0.717) is 13.3 Å². The average molecular weight is 392 g/mol. The Morgan fingerprint density at radius 2 is 1.89 bits per heavy atom. The lowest BCUT2D eigenvalue weighted by Crippen LogP contribution is -2.50. The molecule has 27 heavy (non-hydrogen) atoms. The highest BCUT2D eigenvalue weighted by Gasteiger charge is 2.19. The van der Waals surface area contributed by atoms with Gasteiger partial charge < -0.3 is 10.1 Å². The Morgan fingerprint density at radius 1 is 1.19 bits per heavy atom. The van der Waals surface area contributed by atoms with Crippen LogP contribution in [-0.2, 0) is 16.4 Å². The van der Waals surface area contributed by atoms with Crippen LogP contribution in [0.1, 0.15) is 5.56 Å². The Balaban J connectivity index is 1.52. The Morgan fingerprint density at radius 3 is 2.48 bits per heavy atom. The first-order valence-corrected chi connectivity index (χ1v) is 9.86. The fourth-order valence-electron chi connectivity index (χ4n) is 2.56. The van der Waals surface area contributed by atoms with Gasteiger partial charge >= 0.3 is 0 Å². The second-order valence-corrected chi connectivity index (χ2v) is 7.72. The molecule has 0 bridgehead atoms. The van der Waals surface area contributed by atoms with Crippen molar-refractivity contribution in [3.05, 3.63) is 59.9 Å². The summed E-state index contributed by atoms with van der Waals surface area (Å²) in [7, 11) is -2.16. The summed E-state index contributed by atoms with van der Waals surface area (Å²) in [4.78, 5) is 6.26. The van der Waals surface area contributed by atoms with Crippen LogP contribution in [0.3, 0.4) is 0 Å². The molecule has 0 radical (unpaired) electrons. The molecular weight excluding hydrogens is 371 g/mol. The maximum Gasteiger partial charge on any atom is 0.264 e. The molecule has 1 heterocycles. The lowest BCUT2D eigenvalue weighted by atomic mass is 10.1. The molecule has 0 unspecified atom stereocenters. The van der Waals surface area contributed by atoms with Crippen LogP contribution >= 0.6 is 0 Å². The van der Waals surface area contributed by atoms with E-state index < -0.39 is 15.8 Å². The largest absolute Gasteiger partial charge is 0.497 e. The molecule has 2 aromatic carbocycles. The number of hydrogen-bond donors (Lipinski definition) is 2. The molecule has 2 N–H and O–H groups in total. The van der Waals surface area contributed by atoms with Crippen molar-refractivity contribution in [2.45, 2.75) is 11.3 Å². The van der Waals surface area contributed by atoms with Gasteiger partial charge in [-0.25, -0.2) is 22.5 Å². The van der Waals surface area contributed by atoms with Crippen molar-refractivity contribution in [2.75, 3.05) is 27.0 Å². The summed E-state index contributed by atoms with van der Waals surface area (Å²) in [5.74, 6) is 0.510. The third kappa shape index (κ3) is 5.18. The van der Waals surface area contributed by atoms with Crippen LogP contribution < -0.4 is 14.8 Å². The zero-order chi connectivity index (χ0) is 19.3. The predicted molar refractivity (Wildman–Crippen MR) is 100 cm³/mol. The molecule has 0 aromatic heterocycles. The average Bonchev–Trinajstić information content (AvgIpc) is 2.68. The molecule has 2 aromatic rings. The van der Waals surface area contributed by atoms with Crippen LogP contribution in [0.15, 0.2) is 58.4 Å². The van der Waals surface area contributed by atoms with Gasteiger partial charge in [0.15, 0.2) is 0 Å². The minimum absolute atomic E-state index is 0.0182. The van der Waals surface area contributed by atoms with E-state index in [1.54, 1.807) is 7.11 Å². The second kappa shape index (κ2) is 8.36. The van der Waals surface area contributed by atoms with Gasteiger partial charge in [-0.1, -0.05) is 12.1 Å². The Hall–Kier alpha value is -2.65. The summed E-state index contributed by atoms with van der Waals surface area (Å²) in [6, 6.07) is 12.5. The smallest absolute Gasteiger partial charge is 0.264 e. The number of methoxy groups -OCH3 is 1. The summed E-state index contributed by atoms with van der Waals surface area (Å²) < 4.78 is 45.0. The van der Waals surface area contributed by atoms with E-state index in [2.05, 4.69) is 19.9 Å². The van der Waals surface area contributed by atoms with Crippen molar-refractivity contribution < 1.29 is 17.5 Å². The van der Waals surface area contributed by atoms with E-state index in [-0.39, 0.29) is 10.9 Å². The monoisotopic (exact) mass is 392 g/mol. The maximum atomic E-state index is 12.9. The van der Waals surface area contributed by atoms with Crippen molar-refractivity contribution >= 4 is 16.0 Å². The van der Waals surface area contributed by atoms with E-state index in [1.165, 1.54) is 17.7 Å². The molecule has 0 saturated carbocycles. The summed E-state index contributed by atoms with van der Waals surface area (Å²) in [6.07, 6.45) is 0.845. The number of rotatable bonds is 6. The zero-order valence-electron chi connectivity index (χ0n) is 14.9. The Labute approximate surface area is 157 Å².